The number of nitrogens with one attached hydrogen (secondary N) is 1. The average molecular weight is 398 g/mol. The van der Waals surface area contributed by atoms with Gasteiger partial charge in [0.1, 0.15) is 0 Å². The van der Waals surface area contributed by atoms with Crippen molar-refractivity contribution in [2.24, 2.45) is 29.6 Å². The summed E-state index contributed by atoms with van der Waals surface area (Å²) < 4.78 is 0. The van der Waals surface area contributed by atoms with E-state index in [2.05, 4.69) is 53.8 Å². The molecule has 1 heteroatoms. The first-order valence-corrected chi connectivity index (χ1v) is 12.7. The molecule has 0 amide bonds. The van der Waals surface area contributed by atoms with Crippen LogP contribution < -0.4 is 5.32 Å². The van der Waals surface area contributed by atoms with E-state index in [0.717, 1.165) is 35.5 Å². The van der Waals surface area contributed by atoms with Crippen LogP contribution in [0.25, 0.3) is 0 Å². The van der Waals surface area contributed by atoms with Gasteiger partial charge in [0.2, 0.25) is 0 Å². The third-order valence-corrected chi connectivity index (χ3v) is 9.90. The lowest BCUT2D eigenvalue weighted by atomic mass is 9.48. The number of hydrogen-bond acceptors (Lipinski definition) is 1. The van der Waals surface area contributed by atoms with Crippen molar-refractivity contribution in [2.45, 2.75) is 75.5 Å². The Balaban J connectivity index is 1.06. The van der Waals surface area contributed by atoms with Gasteiger partial charge in [0, 0.05) is 11.4 Å². The van der Waals surface area contributed by atoms with Gasteiger partial charge in [0.05, 0.1) is 0 Å². The van der Waals surface area contributed by atoms with Gasteiger partial charge in [-0.2, -0.15) is 0 Å². The molecule has 0 aliphatic heterocycles. The molecule has 1 nitrogen and oxygen atoms in total. The summed E-state index contributed by atoms with van der Waals surface area (Å²) in [5.41, 5.74) is 6.17. The molecule has 3 atom stereocenters. The Labute approximate surface area is 181 Å². The van der Waals surface area contributed by atoms with Crippen molar-refractivity contribution in [3.63, 3.8) is 0 Å². The fourth-order valence-electron chi connectivity index (χ4n) is 9.00. The van der Waals surface area contributed by atoms with Gasteiger partial charge >= 0.3 is 0 Å². The fraction of sp³-hybridized carbons (Fsp3) is 0.586. The normalized spacial score (nSPS) is 40.8. The first-order valence-electron chi connectivity index (χ1n) is 12.7. The lowest BCUT2D eigenvalue weighted by Gasteiger charge is -2.57. The van der Waals surface area contributed by atoms with Crippen LogP contribution in [0.5, 0.6) is 0 Å². The summed E-state index contributed by atoms with van der Waals surface area (Å²) in [4.78, 5) is 0. The number of fused-ring (bicyclic) bond motifs is 2. The smallest absolute Gasteiger partial charge is 0.0384 e. The summed E-state index contributed by atoms with van der Waals surface area (Å²) in [5.74, 6) is 5.86. The molecule has 6 saturated carbocycles. The summed E-state index contributed by atoms with van der Waals surface area (Å²) in [5, 5.41) is 3.66. The molecule has 156 valence electrons. The predicted octanol–water partition coefficient (Wildman–Crippen LogP) is 7.80. The van der Waals surface area contributed by atoms with E-state index in [0.29, 0.717) is 5.41 Å². The van der Waals surface area contributed by atoms with Crippen LogP contribution >= 0.6 is 0 Å². The molecule has 2 aromatic carbocycles. The Hall–Kier alpha value is -1.76. The van der Waals surface area contributed by atoms with Crippen molar-refractivity contribution < 1.29 is 0 Å². The number of anilines is 2. The second-order valence-electron chi connectivity index (χ2n) is 11.8. The topological polar surface area (TPSA) is 12.0 Å². The second kappa shape index (κ2) is 6.62. The van der Waals surface area contributed by atoms with Gasteiger partial charge < -0.3 is 5.32 Å². The molecule has 1 N–H and O–H groups in total. The molecule has 2 aromatic rings. The monoisotopic (exact) mass is 397 g/mol. The summed E-state index contributed by atoms with van der Waals surface area (Å²) in [6.07, 6.45) is 14.8. The van der Waals surface area contributed by atoms with Crippen LogP contribution in [0.3, 0.4) is 0 Å². The molecular formula is C29H35N. The predicted molar refractivity (Wildman–Crippen MR) is 124 cm³/mol. The summed E-state index contributed by atoms with van der Waals surface area (Å²) >= 11 is 0. The largest absolute Gasteiger partial charge is 0.356 e. The third-order valence-electron chi connectivity index (χ3n) is 9.90. The fourth-order valence-corrected chi connectivity index (χ4v) is 9.00. The SMILES string of the molecule is c1cc(C2CC3CCC2C3)ccc1Nc1ccc(C23CC4CC(CC(C4)C2)C3)cc1. The molecule has 6 bridgehead atoms. The Morgan fingerprint density at radius 1 is 0.600 bits per heavy atom. The zero-order valence-electron chi connectivity index (χ0n) is 18.2. The Morgan fingerprint density at radius 2 is 1.20 bits per heavy atom. The standard InChI is InChI=1S/C29H35N/c1-2-24-14-19(1)15-28(24)23-3-7-26(8-4-23)30-27-9-5-25(6-10-27)29-16-20-11-21(17-29)13-22(12-20)18-29/h3-10,19-22,24,28,30H,1-2,11-18H2. The van der Waals surface area contributed by atoms with E-state index < -0.39 is 0 Å². The Kier molecular flexibility index (Phi) is 3.94. The molecule has 0 heterocycles. The molecule has 6 aliphatic carbocycles. The Morgan fingerprint density at radius 3 is 1.73 bits per heavy atom. The first kappa shape index (κ1) is 17.9. The molecule has 8 rings (SSSR count). The Bertz CT molecular complexity index is 889. The highest BCUT2D eigenvalue weighted by Crippen LogP contribution is 2.60. The van der Waals surface area contributed by atoms with Crippen LogP contribution in [0.15, 0.2) is 48.5 Å². The highest BCUT2D eigenvalue weighted by atomic mass is 14.9. The number of benzene rings is 2. The zero-order valence-corrected chi connectivity index (χ0v) is 18.2. The minimum absolute atomic E-state index is 0.510. The molecule has 3 unspecified atom stereocenters. The van der Waals surface area contributed by atoms with Gasteiger partial charge in [-0.3, -0.25) is 0 Å². The van der Waals surface area contributed by atoms with E-state index in [1.54, 1.807) is 11.1 Å². The number of hydrogen-bond donors (Lipinski definition) is 1. The van der Waals surface area contributed by atoms with Crippen molar-refractivity contribution in [1.82, 2.24) is 0 Å². The first-order chi connectivity index (χ1) is 14.7. The van der Waals surface area contributed by atoms with E-state index in [9.17, 15) is 0 Å². The van der Waals surface area contributed by atoms with E-state index in [1.807, 2.05) is 0 Å². The quantitative estimate of drug-likeness (QED) is 0.555. The van der Waals surface area contributed by atoms with Gasteiger partial charge in [-0.15, -0.1) is 0 Å². The van der Waals surface area contributed by atoms with Crippen molar-refractivity contribution in [3.8, 4) is 0 Å². The van der Waals surface area contributed by atoms with Gasteiger partial charge in [0.15, 0.2) is 0 Å². The van der Waals surface area contributed by atoms with E-state index in [-0.39, 0.29) is 0 Å². The lowest BCUT2D eigenvalue weighted by Crippen LogP contribution is -2.48. The average Bonchev–Trinajstić information content (AvgIpc) is 3.38. The molecule has 0 saturated heterocycles. The van der Waals surface area contributed by atoms with Gasteiger partial charge in [-0.25, -0.2) is 0 Å². The maximum absolute atomic E-state index is 3.66. The van der Waals surface area contributed by atoms with Gasteiger partial charge in [-0.1, -0.05) is 30.7 Å². The van der Waals surface area contributed by atoms with Crippen molar-refractivity contribution >= 4 is 11.4 Å². The molecule has 0 spiro atoms. The second-order valence-corrected chi connectivity index (χ2v) is 11.8. The van der Waals surface area contributed by atoms with Crippen LogP contribution in [0.2, 0.25) is 0 Å². The highest BCUT2D eigenvalue weighted by Gasteiger charge is 2.51. The van der Waals surface area contributed by atoms with Gasteiger partial charge in [-0.05, 0) is 134 Å². The molecule has 0 radical (unpaired) electrons. The summed E-state index contributed by atoms with van der Waals surface area (Å²) in [6, 6.07) is 18.9. The molecule has 30 heavy (non-hydrogen) atoms. The molecule has 0 aromatic heterocycles. The van der Waals surface area contributed by atoms with Crippen molar-refractivity contribution in [3.05, 3.63) is 59.7 Å². The van der Waals surface area contributed by atoms with Crippen LogP contribution in [-0.2, 0) is 5.41 Å². The van der Waals surface area contributed by atoms with E-state index in [1.165, 1.54) is 75.6 Å². The molecule has 6 aliphatic rings. The van der Waals surface area contributed by atoms with Gasteiger partial charge in [0.25, 0.3) is 0 Å². The maximum atomic E-state index is 3.66. The molecular weight excluding hydrogens is 362 g/mol. The van der Waals surface area contributed by atoms with E-state index in [4.69, 9.17) is 0 Å². The van der Waals surface area contributed by atoms with Crippen molar-refractivity contribution in [1.29, 1.82) is 0 Å². The van der Waals surface area contributed by atoms with Crippen LogP contribution in [-0.4, -0.2) is 0 Å². The minimum atomic E-state index is 0.510. The van der Waals surface area contributed by atoms with Crippen LogP contribution in [0.4, 0.5) is 11.4 Å². The van der Waals surface area contributed by atoms with Crippen molar-refractivity contribution in [2.75, 3.05) is 5.32 Å². The van der Waals surface area contributed by atoms with Crippen LogP contribution in [0.1, 0.15) is 81.3 Å². The third kappa shape index (κ3) is 2.88. The summed E-state index contributed by atoms with van der Waals surface area (Å²) in [7, 11) is 0. The zero-order chi connectivity index (χ0) is 19.7. The van der Waals surface area contributed by atoms with Crippen LogP contribution in [0, 0.1) is 29.6 Å². The summed E-state index contributed by atoms with van der Waals surface area (Å²) in [6.45, 7) is 0. The number of rotatable bonds is 4. The highest BCUT2D eigenvalue weighted by molar-refractivity contribution is 5.60. The van der Waals surface area contributed by atoms with E-state index >= 15 is 0 Å². The lowest BCUT2D eigenvalue weighted by molar-refractivity contribution is -0.00518. The minimum Gasteiger partial charge on any atom is -0.356 e. The maximum Gasteiger partial charge on any atom is 0.0384 e. The molecule has 6 fully saturated rings.